The van der Waals surface area contributed by atoms with E-state index in [4.69, 9.17) is 27.9 Å². The molecule has 57 heavy (non-hydrogen) atoms. The van der Waals surface area contributed by atoms with Crippen LogP contribution in [0, 0.1) is 23.7 Å². The molecule has 9 rings (SSSR count). The zero-order chi connectivity index (χ0) is 39.7. The van der Waals surface area contributed by atoms with Crippen LogP contribution in [0.2, 0.25) is 10.0 Å². The summed E-state index contributed by atoms with van der Waals surface area (Å²) in [4.78, 5) is 75.1. The van der Waals surface area contributed by atoms with Crippen molar-refractivity contribution in [2.75, 3.05) is 16.9 Å². The third-order valence-corrected chi connectivity index (χ3v) is 12.7. The first-order valence-corrected chi connectivity index (χ1v) is 19.3. The van der Waals surface area contributed by atoms with Gasteiger partial charge >= 0.3 is 0 Å². The summed E-state index contributed by atoms with van der Waals surface area (Å²) in [5.41, 5.74) is 1.86. The Kier molecular flexibility index (Phi) is 8.90. The smallest absolute Gasteiger partial charge is 0.246 e. The molecule has 5 aromatic rings. The molecule has 0 spiro atoms. The fourth-order valence-corrected chi connectivity index (χ4v) is 10.2. The second-order valence-corrected chi connectivity index (χ2v) is 15.7. The highest BCUT2D eigenvalue weighted by Crippen LogP contribution is 2.65. The number of methoxy groups -OCH3 is 1. The van der Waals surface area contributed by atoms with E-state index in [-0.39, 0.29) is 41.1 Å². The van der Waals surface area contributed by atoms with E-state index >= 15 is 9.59 Å². The first-order valence-electron chi connectivity index (χ1n) is 18.6. The molecule has 1 N–H and O–H groups in total. The summed E-state index contributed by atoms with van der Waals surface area (Å²) in [5, 5.41) is 11.2. The molecule has 284 valence electrons. The lowest BCUT2D eigenvalue weighted by molar-refractivity contribution is -0.127. The van der Waals surface area contributed by atoms with E-state index in [1.165, 1.54) is 16.9 Å². The van der Waals surface area contributed by atoms with E-state index in [1.54, 1.807) is 84.9 Å². The van der Waals surface area contributed by atoms with Crippen LogP contribution in [0.15, 0.2) is 133 Å². The summed E-state index contributed by atoms with van der Waals surface area (Å²) in [6.45, 7) is 0. The lowest BCUT2D eigenvalue weighted by Crippen LogP contribution is -2.53. The molecule has 0 bridgehead atoms. The molecule has 2 saturated heterocycles. The number of carbonyl (C=O) groups excluding carboxylic acids is 5. The zero-order valence-electron chi connectivity index (χ0n) is 30.5. The highest BCUT2D eigenvalue weighted by molar-refractivity contribution is 6.33. The number of fused-ring (bicyclic) bond motifs is 4. The predicted molar refractivity (Wildman–Crippen MR) is 215 cm³/mol. The van der Waals surface area contributed by atoms with E-state index in [1.807, 2.05) is 42.5 Å². The van der Waals surface area contributed by atoms with Crippen molar-refractivity contribution >= 4 is 64.0 Å². The number of hydrogen-bond donors (Lipinski definition) is 1. The largest absolute Gasteiger partial charge is 0.503 e. The number of phenolic OH excluding ortho intramolecular Hbond substituents is 1. The number of ketones is 1. The Morgan fingerprint density at radius 3 is 2.11 bits per heavy atom. The monoisotopic (exact) mass is 796 g/mol. The van der Waals surface area contributed by atoms with Crippen molar-refractivity contribution in [3.8, 4) is 11.5 Å². The van der Waals surface area contributed by atoms with E-state index < -0.39 is 52.7 Å². The molecule has 11 heteroatoms. The van der Waals surface area contributed by atoms with E-state index in [0.29, 0.717) is 38.7 Å². The topological polar surface area (TPSA) is 121 Å². The molecular formula is C46H34Cl2N2O7. The van der Waals surface area contributed by atoms with Gasteiger partial charge in [0, 0.05) is 22.1 Å². The van der Waals surface area contributed by atoms with Gasteiger partial charge in [0.1, 0.15) is 0 Å². The van der Waals surface area contributed by atoms with Gasteiger partial charge in [-0.1, -0.05) is 102 Å². The lowest BCUT2D eigenvalue weighted by atomic mass is 9.49. The number of imide groups is 2. The van der Waals surface area contributed by atoms with Gasteiger partial charge in [0.05, 0.1) is 46.7 Å². The Hall–Kier alpha value is -6.03. The Bertz CT molecular complexity index is 2540. The number of carbonyl (C=O) groups is 5. The Morgan fingerprint density at radius 2 is 1.42 bits per heavy atom. The maximum atomic E-state index is 15.5. The summed E-state index contributed by atoms with van der Waals surface area (Å²) in [5.74, 6) is -6.19. The minimum atomic E-state index is -1.53. The first kappa shape index (κ1) is 36.6. The zero-order valence-corrected chi connectivity index (χ0v) is 32.0. The van der Waals surface area contributed by atoms with E-state index in [2.05, 4.69) is 0 Å². The quantitative estimate of drug-likeness (QED) is 0.1000. The number of rotatable bonds is 7. The number of amides is 4. The fraction of sp³-hybridized carbons (Fsp3) is 0.196. The number of allylic oxidation sites excluding steroid dienone is 2. The summed E-state index contributed by atoms with van der Waals surface area (Å²) in [6.07, 6.45) is 2.25. The molecule has 2 heterocycles. The van der Waals surface area contributed by atoms with Crippen molar-refractivity contribution < 1.29 is 33.8 Å². The third kappa shape index (κ3) is 5.47. The standard InChI is InChI=1S/C46H34Cl2N2O7/c1-57-37-22-27(21-36(48)41(37)52)39-32-19-20-33-38(44(55)49(42(33)53)30-17-15-26(16-18-30)40(51)25-9-4-2-5-10-25)34(32)24-35-43(54)50(31-14-8-13-29(47)23-31)45(56)46(35,39)28-11-6-3-7-12-28/h2-19,21-23,33-35,38-39,52H,20,24H2,1H3. The number of halogens is 2. The van der Waals surface area contributed by atoms with Crippen LogP contribution in [0.3, 0.4) is 0 Å². The second kappa shape index (κ2) is 13.9. The minimum Gasteiger partial charge on any atom is -0.503 e. The molecule has 4 aliphatic rings. The van der Waals surface area contributed by atoms with Gasteiger partial charge in [-0.25, -0.2) is 4.90 Å². The number of benzene rings is 5. The molecule has 0 radical (unpaired) electrons. The molecule has 4 amide bonds. The average Bonchev–Trinajstić information content (AvgIpc) is 3.62. The van der Waals surface area contributed by atoms with Crippen LogP contribution in [-0.2, 0) is 24.6 Å². The van der Waals surface area contributed by atoms with Gasteiger partial charge in [0.25, 0.3) is 0 Å². The molecule has 5 aromatic carbocycles. The Labute approximate surface area is 338 Å². The van der Waals surface area contributed by atoms with Gasteiger partial charge in [-0.2, -0.15) is 0 Å². The van der Waals surface area contributed by atoms with Crippen LogP contribution in [0.1, 0.15) is 45.8 Å². The van der Waals surface area contributed by atoms with Crippen molar-refractivity contribution in [1.82, 2.24) is 0 Å². The fourth-order valence-electron chi connectivity index (χ4n) is 9.81. The molecule has 0 aromatic heterocycles. The van der Waals surface area contributed by atoms with Gasteiger partial charge in [-0.05, 0) is 84.5 Å². The highest BCUT2D eigenvalue weighted by atomic mass is 35.5. The maximum Gasteiger partial charge on any atom is 0.246 e. The molecule has 3 fully saturated rings. The molecule has 6 unspecified atom stereocenters. The molecular weight excluding hydrogens is 763 g/mol. The van der Waals surface area contributed by atoms with Crippen LogP contribution in [-0.4, -0.2) is 41.6 Å². The second-order valence-electron chi connectivity index (χ2n) is 14.9. The maximum absolute atomic E-state index is 15.5. The van der Waals surface area contributed by atoms with Gasteiger partial charge in [-0.15, -0.1) is 0 Å². The number of nitrogens with zero attached hydrogens (tertiary/aromatic N) is 2. The molecule has 9 nitrogen and oxygen atoms in total. The van der Waals surface area contributed by atoms with Crippen LogP contribution < -0.4 is 14.5 Å². The third-order valence-electron chi connectivity index (χ3n) is 12.2. The normalized spacial score (nSPS) is 25.2. The van der Waals surface area contributed by atoms with Crippen molar-refractivity contribution in [2.45, 2.75) is 24.2 Å². The van der Waals surface area contributed by atoms with Crippen LogP contribution >= 0.6 is 23.2 Å². The van der Waals surface area contributed by atoms with Crippen molar-refractivity contribution in [2.24, 2.45) is 23.7 Å². The number of ether oxygens (including phenoxy) is 1. The SMILES string of the molecule is COc1cc(C2C3=CCC4C(=O)N(c5ccc(C(=O)c6ccccc6)cc5)C(=O)C4C3CC3C(=O)N(c4cccc(Cl)c4)C(=O)C32c2ccccc2)cc(Cl)c1O. The molecule has 1 saturated carbocycles. The number of hydrogen-bond acceptors (Lipinski definition) is 7. The predicted octanol–water partition coefficient (Wildman–Crippen LogP) is 8.31. The molecule has 6 atom stereocenters. The highest BCUT2D eigenvalue weighted by Gasteiger charge is 2.70. The van der Waals surface area contributed by atoms with Gasteiger partial charge in [0.15, 0.2) is 17.3 Å². The van der Waals surface area contributed by atoms with Crippen LogP contribution in [0.5, 0.6) is 11.5 Å². The lowest BCUT2D eigenvalue weighted by Gasteiger charge is -2.50. The molecule has 2 aliphatic carbocycles. The molecule has 2 aliphatic heterocycles. The van der Waals surface area contributed by atoms with Crippen LogP contribution in [0.25, 0.3) is 0 Å². The summed E-state index contributed by atoms with van der Waals surface area (Å²) in [7, 11) is 1.39. The van der Waals surface area contributed by atoms with Gasteiger partial charge in [0.2, 0.25) is 23.6 Å². The van der Waals surface area contributed by atoms with Crippen molar-refractivity contribution in [3.63, 3.8) is 0 Å². The Morgan fingerprint density at radius 1 is 0.737 bits per heavy atom. The van der Waals surface area contributed by atoms with Crippen molar-refractivity contribution in [1.29, 1.82) is 0 Å². The van der Waals surface area contributed by atoms with Gasteiger partial charge in [-0.3, -0.25) is 28.9 Å². The Balaban J connectivity index is 1.19. The first-order chi connectivity index (χ1) is 27.6. The van der Waals surface area contributed by atoms with Crippen LogP contribution in [0.4, 0.5) is 11.4 Å². The summed E-state index contributed by atoms with van der Waals surface area (Å²) >= 11 is 13.1. The summed E-state index contributed by atoms with van der Waals surface area (Å²) < 4.78 is 5.55. The minimum absolute atomic E-state index is 0.0171. The number of anilines is 2. The van der Waals surface area contributed by atoms with Gasteiger partial charge < -0.3 is 9.84 Å². The number of aromatic hydroxyl groups is 1. The van der Waals surface area contributed by atoms with E-state index in [0.717, 1.165) is 5.57 Å². The average molecular weight is 798 g/mol. The number of phenols is 1. The van der Waals surface area contributed by atoms with Crippen molar-refractivity contribution in [3.05, 3.63) is 165 Å². The van der Waals surface area contributed by atoms with E-state index in [9.17, 15) is 19.5 Å². The summed E-state index contributed by atoms with van der Waals surface area (Å²) in [6, 6.07) is 34.1.